The fourth-order valence-electron chi connectivity index (χ4n) is 13.3. The van der Waals surface area contributed by atoms with Crippen LogP contribution in [0.4, 0.5) is 25.0 Å². The Morgan fingerprint density at radius 1 is 0.661 bits per heavy atom. The number of phosphoric acid groups is 1. The number of H-pyrrole nitrogens is 1. The molecular formula is C81H103N10O23PS3. The lowest BCUT2D eigenvalue weighted by atomic mass is 9.86. The molecule has 638 valence electrons. The quantitative estimate of drug-likeness (QED) is 0.00554. The molecule has 1 aliphatic rings. The highest BCUT2D eigenvalue weighted by atomic mass is 33.1. The maximum atomic E-state index is 13.7. The first-order valence-corrected chi connectivity index (χ1v) is 43.8. The third-order valence-electron chi connectivity index (χ3n) is 19.4. The van der Waals surface area contributed by atoms with Gasteiger partial charge in [-0.3, -0.25) is 14.1 Å². The topological polar surface area (TPSA) is 451 Å². The van der Waals surface area contributed by atoms with Crippen LogP contribution in [0.1, 0.15) is 90.0 Å². The van der Waals surface area contributed by atoms with Crippen LogP contribution in [0.2, 0.25) is 0 Å². The van der Waals surface area contributed by atoms with Crippen molar-refractivity contribution in [3.63, 3.8) is 0 Å². The van der Waals surface area contributed by atoms with Gasteiger partial charge in [0.2, 0.25) is 11.8 Å². The summed E-state index contributed by atoms with van der Waals surface area (Å²) in [5, 5.41) is 41.6. The third-order valence-corrected chi connectivity index (χ3v) is 23.5. The highest BCUT2D eigenvalue weighted by Crippen LogP contribution is 2.45. The van der Waals surface area contributed by atoms with E-state index in [0.29, 0.717) is 54.1 Å². The summed E-state index contributed by atoms with van der Waals surface area (Å²) >= 11 is 0. The normalized spacial score (nSPS) is 12.4. The molecule has 118 heavy (non-hydrogen) atoms. The number of benzene rings is 6. The summed E-state index contributed by atoms with van der Waals surface area (Å²) in [7, 11) is -2.80. The van der Waals surface area contributed by atoms with Crippen LogP contribution >= 0.6 is 29.4 Å². The van der Waals surface area contributed by atoms with Crippen LogP contribution in [0.15, 0.2) is 120 Å². The summed E-state index contributed by atoms with van der Waals surface area (Å²) in [4.78, 5) is 118. The zero-order valence-corrected chi connectivity index (χ0v) is 70.0. The summed E-state index contributed by atoms with van der Waals surface area (Å²) < 4.78 is 86.6. The maximum absolute atomic E-state index is 13.7. The maximum Gasteiger partial charge on any atom is 0.469 e. The number of hydrogen-bond donors (Lipinski definition) is 12. The van der Waals surface area contributed by atoms with Gasteiger partial charge in [-0.1, -0.05) is 102 Å². The van der Waals surface area contributed by atoms with E-state index in [1.807, 2.05) is 86.0 Å². The van der Waals surface area contributed by atoms with Crippen molar-refractivity contribution in [3.05, 3.63) is 160 Å². The highest BCUT2D eigenvalue weighted by molar-refractivity contribution is 8.76. The second kappa shape index (κ2) is 45.3. The van der Waals surface area contributed by atoms with Crippen molar-refractivity contribution in [1.29, 1.82) is 0 Å². The first kappa shape index (κ1) is 91.9. The van der Waals surface area contributed by atoms with Gasteiger partial charge in [0.05, 0.1) is 51.4 Å². The average Bonchev–Trinajstić information content (AvgIpc) is 1.55. The molecule has 0 aliphatic heterocycles. The Labute approximate surface area is 691 Å². The van der Waals surface area contributed by atoms with E-state index in [-0.39, 0.29) is 121 Å². The number of nitrogens with one attached hydrogen (secondary N) is 8. The molecule has 2 aromatic heterocycles. The Hall–Kier alpha value is -9.98. The van der Waals surface area contributed by atoms with Gasteiger partial charge in [0.1, 0.15) is 56.4 Å². The summed E-state index contributed by atoms with van der Waals surface area (Å²) in [6.07, 6.45) is 0.728. The number of carbonyl (C=O) groups excluding carboxylic acids is 5. The lowest BCUT2D eigenvalue weighted by Crippen LogP contribution is -2.49. The number of ether oxygens (including phenoxy) is 7. The highest BCUT2D eigenvalue weighted by Gasteiger charge is 2.31. The second-order valence-corrected chi connectivity index (χ2v) is 34.0. The number of carbonyl (C=O) groups is 7. The number of aryl methyl sites for hydroxylation is 2. The first-order chi connectivity index (χ1) is 56.5. The molecule has 0 bridgehead atoms. The number of nitrogens with zero attached hydrogens (tertiary/aromatic N) is 2. The fourth-order valence-corrected chi connectivity index (χ4v) is 17.3. The molecule has 2 heterocycles. The van der Waals surface area contributed by atoms with Gasteiger partial charge in [0.25, 0.3) is 0 Å². The molecule has 37 heteroatoms. The number of fused-ring (bicyclic) bond motifs is 7. The molecule has 1 aliphatic carbocycles. The van der Waals surface area contributed by atoms with Crippen molar-refractivity contribution in [2.24, 2.45) is 5.41 Å². The zero-order valence-electron chi connectivity index (χ0n) is 66.6. The Morgan fingerprint density at radius 3 is 1.99 bits per heavy atom. The minimum Gasteiger partial charge on any atom is -0.497 e. The molecular weight excluding hydrogens is 1610 g/mol. The van der Waals surface area contributed by atoms with Crippen molar-refractivity contribution < 1.29 is 108 Å². The van der Waals surface area contributed by atoms with Crippen LogP contribution in [0.3, 0.4) is 0 Å². The van der Waals surface area contributed by atoms with Crippen molar-refractivity contribution in [2.45, 2.75) is 96.3 Å². The van der Waals surface area contributed by atoms with Gasteiger partial charge in [-0.05, 0) is 181 Å². The minimum absolute atomic E-state index is 0.0221. The lowest BCUT2D eigenvalue weighted by Gasteiger charge is -2.24. The number of alkyl carbamates (subject to hydrolysis) is 3. The molecule has 6 amide bonds. The van der Waals surface area contributed by atoms with Gasteiger partial charge in [-0.25, -0.2) is 33.5 Å². The molecule has 0 spiro atoms. The van der Waals surface area contributed by atoms with Crippen LogP contribution in [0, 0.1) is 19.3 Å². The van der Waals surface area contributed by atoms with Crippen LogP contribution < -0.4 is 46.1 Å². The van der Waals surface area contributed by atoms with Crippen molar-refractivity contribution in [1.82, 2.24) is 46.8 Å². The lowest BCUT2D eigenvalue weighted by molar-refractivity contribution is -0.142. The van der Waals surface area contributed by atoms with Crippen molar-refractivity contribution in [2.75, 3.05) is 136 Å². The average molecular weight is 1710 g/mol. The van der Waals surface area contributed by atoms with E-state index in [1.54, 1.807) is 33.1 Å². The molecule has 1 unspecified atom stereocenters. The summed E-state index contributed by atoms with van der Waals surface area (Å²) in [6, 6.07) is 32.4. The zero-order chi connectivity index (χ0) is 84.8. The predicted octanol–water partition coefficient (Wildman–Crippen LogP) is 10.5. The van der Waals surface area contributed by atoms with Gasteiger partial charge in [-0.15, -0.1) is 0 Å². The Kier molecular flexibility index (Phi) is 35.3. The van der Waals surface area contributed by atoms with Crippen LogP contribution in [-0.2, 0) is 88.1 Å². The van der Waals surface area contributed by atoms with Crippen molar-refractivity contribution >= 4 is 120 Å². The molecule has 0 saturated carbocycles. The molecule has 6 aromatic carbocycles. The standard InChI is InChI=1S/C81H103N10O23PS3/c1-52-59-23-30-84-75(73(59)53(2)72-64-45-58(106-6)19-20-66(64)89-74(52)72)83-28-11-35-91(5)36-12-29-87-78(98)110-47-55-18-22-69(117-116-51-67(76(95)85-34-41-113-115(101,102)103)90-80(100)112-48-65-62-15-9-7-13-60(62)61-14-8-10-16-63(61)65)57(44-55)25-38-108-49-70(92)82-32-39-107-40-33-88-79(99)111-46-54-17-21-68(56(43-54)24-37-109-50-71(93)94)114-118(104,105)42-27-81(3,4)26-31-86-77(96)97/h7-10,13-23,30,43-45,65,67,86,89H,11-12,24-29,31-42,46-51H2,1-6H3,(H,82,92)(H,83,84)(H,85,95)(H,87,98)(H,88,99)(H,90,100)(H,93,94)(H,96,97)(H2,101,102,103). The van der Waals surface area contributed by atoms with Gasteiger partial charge in [-0.2, -0.15) is 8.42 Å². The van der Waals surface area contributed by atoms with Crippen LogP contribution in [0.25, 0.3) is 43.7 Å². The molecule has 8 aromatic rings. The number of rotatable bonds is 50. The van der Waals surface area contributed by atoms with Crippen LogP contribution in [0.5, 0.6) is 11.5 Å². The largest absolute Gasteiger partial charge is 0.497 e. The fraction of sp³-hybridized carbons (Fsp3) is 0.432. The molecule has 0 fully saturated rings. The molecule has 12 N–H and O–H groups in total. The number of amides is 6. The SMILES string of the molecule is COc1ccc2[nH]c3c(C)c4ccnc(NCCCN(C)CCCNC(=O)OCc5ccc(SSCC(NC(=O)OCC6c7ccccc7-c7ccccc76)C(=O)NCCOP(=O)(O)O)c(CCOCC(=O)NCCOCCNC(=O)OCc6ccc(OS(=O)(=O)CCC(C)(C)CCNC(=O)O)c(CCOCC(=O)O)c6)c5)c4c(C)c3c2c1. The molecule has 9 rings (SSSR count). The number of anilines is 1. The smallest absolute Gasteiger partial charge is 0.469 e. The monoisotopic (exact) mass is 1710 g/mol. The summed E-state index contributed by atoms with van der Waals surface area (Å²) in [6.45, 7) is 8.71. The van der Waals surface area contributed by atoms with E-state index >= 15 is 0 Å². The Morgan fingerprint density at radius 2 is 1.31 bits per heavy atom. The summed E-state index contributed by atoms with van der Waals surface area (Å²) in [5.74, 6) is -1.39. The molecule has 33 nitrogen and oxygen atoms in total. The predicted molar refractivity (Wildman–Crippen MR) is 447 cm³/mol. The van der Waals surface area contributed by atoms with E-state index in [4.69, 9.17) is 52.5 Å². The van der Waals surface area contributed by atoms with E-state index < -0.39 is 84.8 Å². The number of aromatic nitrogens is 2. The van der Waals surface area contributed by atoms with E-state index in [2.05, 4.69) is 77.6 Å². The number of hydrogen-bond acceptors (Lipinski definition) is 24. The van der Waals surface area contributed by atoms with Crippen molar-refractivity contribution in [3.8, 4) is 22.6 Å². The van der Waals surface area contributed by atoms with E-state index in [1.165, 1.54) is 33.7 Å². The Balaban J connectivity index is 0.733. The number of methoxy groups -OCH3 is 1. The number of aliphatic carboxylic acids is 1. The second-order valence-electron chi connectivity index (χ2n) is 28.7. The number of aromatic amines is 1. The van der Waals surface area contributed by atoms with Gasteiger partial charge in [0.15, 0.2) is 0 Å². The number of pyridine rings is 1. The number of carboxylic acid groups (broad SMARTS) is 2. The number of carboxylic acids is 1. The minimum atomic E-state index is -4.85. The summed E-state index contributed by atoms with van der Waals surface area (Å²) in [5.41, 5.74) is 10.1. The third kappa shape index (κ3) is 28.9. The molecule has 0 saturated heterocycles. The van der Waals surface area contributed by atoms with E-state index in [0.717, 1.165) is 96.1 Å². The van der Waals surface area contributed by atoms with Gasteiger partial charge >= 0.3 is 48.3 Å². The number of phosphoric ester groups is 1. The Bertz CT molecular complexity index is 4910. The van der Waals surface area contributed by atoms with Gasteiger partial charge < -0.3 is 104 Å². The van der Waals surface area contributed by atoms with E-state index in [9.17, 15) is 56.3 Å². The van der Waals surface area contributed by atoms with Crippen LogP contribution in [-0.4, -0.2) is 222 Å². The first-order valence-electron chi connectivity index (χ1n) is 38.4. The van der Waals surface area contributed by atoms with Gasteiger partial charge in [0, 0.05) is 83.7 Å². The molecule has 0 radical (unpaired) electrons. The molecule has 1 atom stereocenters.